The summed E-state index contributed by atoms with van der Waals surface area (Å²) in [6.45, 7) is 1.89. The van der Waals surface area contributed by atoms with E-state index in [4.69, 9.17) is 11.6 Å². The highest BCUT2D eigenvalue weighted by atomic mass is 35.5. The predicted octanol–water partition coefficient (Wildman–Crippen LogP) is 1.54. The van der Waals surface area contributed by atoms with Crippen LogP contribution in [-0.2, 0) is 0 Å². The van der Waals surface area contributed by atoms with Gasteiger partial charge in [-0.2, -0.15) is 5.43 Å². The highest BCUT2D eigenvalue weighted by molar-refractivity contribution is 6.75. The maximum Gasteiger partial charge on any atom is 0.390 e. The Hall–Kier alpha value is -1.89. The van der Waals surface area contributed by atoms with Gasteiger partial charge in [0, 0.05) is 0 Å². The predicted molar refractivity (Wildman–Crippen MR) is 57.8 cm³/mol. The van der Waals surface area contributed by atoms with E-state index in [0.29, 0.717) is 17.8 Å². The monoisotopic (exact) mass is 240 g/mol. The van der Waals surface area contributed by atoms with Crippen LogP contribution in [0.25, 0.3) is 5.70 Å². The third-order valence-electron chi connectivity index (χ3n) is 2.05. The maximum atomic E-state index is 10.5. The number of hydrogen-bond donors (Lipinski definition) is 0. The summed E-state index contributed by atoms with van der Waals surface area (Å²) in [5.41, 5.74) is 5.01. The van der Waals surface area contributed by atoms with Gasteiger partial charge in [-0.1, -0.05) is 18.5 Å². The van der Waals surface area contributed by atoms with Crippen molar-refractivity contribution in [2.24, 2.45) is 5.10 Å². The van der Waals surface area contributed by atoms with Crippen molar-refractivity contribution in [1.82, 2.24) is 15.2 Å². The molecule has 0 aromatic carbocycles. The molecule has 0 atom stereocenters. The first-order valence-electron chi connectivity index (χ1n) is 4.51. The summed E-state index contributed by atoms with van der Waals surface area (Å²) in [6, 6.07) is 1.29. The molecule has 7 nitrogen and oxygen atoms in total. The molecule has 0 spiro atoms. The van der Waals surface area contributed by atoms with Gasteiger partial charge >= 0.3 is 5.82 Å². The van der Waals surface area contributed by atoms with Crippen molar-refractivity contribution in [2.45, 2.75) is 13.3 Å². The Bertz CT molecular complexity index is 504. The second-order valence-corrected chi connectivity index (χ2v) is 3.37. The zero-order valence-electron chi connectivity index (χ0n) is 8.29. The molecule has 0 aliphatic carbocycles. The number of aromatic nitrogens is 2. The first-order valence-corrected chi connectivity index (χ1v) is 4.89. The van der Waals surface area contributed by atoms with Gasteiger partial charge in [-0.25, -0.2) is 0 Å². The highest BCUT2D eigenvalue weighted by Crippen LogP contribution is 2.23. The lowest BCUT2D eigenvalue weighted by atomic mass is 10.3. The zero-order chi connectivity index (χ0) is 11.7. The molecule has 2 heterocycles. The van der Waals surface area contributed by atoms with Gasteiger partial charge in [0.05, 0.1) is 23.1 Å². The van der Waals surface area contributed by atoms with Gasteiger partial charge in [-0.3, -0.25) is 0 Å². The molecule has 1 aliphatic heterocycles. The van der Waals surface area contributed by atoms with Crippen LogP contribution in [0.5, 0.6) is 0 Å². The molecule has 16 heavy (non-hydrogen) atoms. The van der Waals surface area contributed by atoms with Crippen molar-refractivity contribution in [1.29, 1.82) is 0 Å². The van der Waals surface area contributed by atoms with E-state index in [-0.39, 0.29) is 11.0 Å². The molecule has 0 fully saturated rings. The number of allylic oxidation sites excluding steroid dienone is 2. The van der Waals surface area contributed by atoms with Crippen LogP contribution in [0.2, 0.25) is 0 Å². The lowest BCUT2D eigenvalue weighted by molar-refractivity contribution is -0.389. The quantitative estimate of drug-likeness (QED) is 0.593. The average molecular weight is 241 g/mol. The standard InChI is InChI=1S/C8H7ClN5O2/c1-2-5-7(8(9)11-10-5)13-4-3-6(12-13)14(15)16/h3-4H,2H2,1H3. The molecule has 2 rings (SSSR count). The first kappa shape index (κ1) is 10.6. The fraction of sp³-hybridized carbons (Fsp3) is 0.250. The average Bonchev–Trinajstić information content (AvgIpc) is 2.83. The number of nitro groups is 1. The van der Waals surface area contributed by atoms with Crippen LogP contribution < -0.4 is 5.43 Å². The Labute approximate surface area is 95.5 Å². The molecule has 83 valence electrons. The van der Waals surface area contributed by atoms with E-state index >= 15 is 0 Å². The number of rotatable bonds is 3. The summed E-state index contributed by atoms with van der Waals surface area (Å²) in [5, 5.41) is 18.2. The summed E-state index contributed by atoms with van der Waals surface area (Å²) in [6.07, 6.45) is 2.09. The number of hydrogen-bond acceptors (Lipinski definition) is 4. The van der Waals surface area contributed by atoms with Gasteiger partial charge in [-0.15, -0.1) is 9.78 Å². The van der Waals surface area contributed by atoms with E-state index in [2.05, 4.69) is 15.6 Å². The summed E-state index contributed by atoms with van der Waals surface area (Å²) < 4.78 is 1.32. The van der Waals surface area contributed by atoms with Crippen molar-refractivity contribution in [3.8, 4) is 0 Å². The molecule has 8 heteroatoms. The normalized spacial score (nSPS) is 15.0. The Morgan fingerprint density at radius 1 is 1.62 bits per heavy atom. The van der Waals surface area contributed by atoms with Crippen LogP contribution in [0.1, 0.15) is 13.3 Å². The molecule has 0 saturated carbocycles. The van der Waals surface area contributed by atoms with Gasteiger partial charge < -0.3 is 10.1 Å². The Morgan fingerprint density at radius 2 is 2.38 bits per heavy atom. The second kappa shape index (κ2) is 3.93. The van der Waals surface area contributed by atoms with Crippen molar-refractivity contribution >= 4 is 28.3 Å². The van der Waals surface area contributed by atoms with Crippen LogP contribution >= 0.6 is 11.6 Å². The topological polar surface area (TPSA) is 87.4 Å². The molecule has 1 aromatic heterocycles. The first-order chi connectivity index (χ1) is 7.63. The smallest absolute Gasteiger partial charge is 0.358 e. The third kappa shape index (κ3) is 1.65. The lowest BCUT2D eigenvalue weighted by Gasteiger charge is -1.98. The van der Waals surface area contributed by atoms with Gasteiger partial charge in [0.1, 0.15) is 5.70 Å². The molecular formula is C8H7ClN5O2. The Morgan fingerprint density at radius 3 is 2.94 bits per heavy atom. The minimum Gasteiger partial charge on any atom is -0.358 e. The van der Waals surface area contributed by atoms with Crippen LogP contribution in [0, 0.1) is 10.1 Å². The van der Waals surface area contributed by atoms with Gasteiger partial charge in [0.2, 0.25) is 0 Å². The van der Waals surface area contributed by atoms with Crippen molar-refractivity contribution in [3.05, 3.63) is 28.1 Å². The largest absolute Gasteiger partial charge is 0.390 e. The fourth-order valence-corrected chi connectivity index (χ4v) is 1.55. The zero-order valence-corrected chi connectivity index (χ0v) is 9.05. The highest BCUT2D eigenvalue weighted by Gasteiger charge is 2.24. The Kier molecular flexibility index (Phi) is 2.61. The van der Waals surface area contributed by atoms with E-state index in [1.807, 2.05) is 6.92 Å². The molecule has 1 radical (unpaired) electrons. The van der Waals surface area contributed by atoms with Crippen LogP contribution in [0.4, 0.5) is 5.82 Å². The summed E-state index contributed by atoms with van der Waals surface area (Å²) in [5.74, 6) is -0.237. The van der Waals surface area contributed by atoms with Gasteiger partial charge in [-0.05, 0) is 11.3 Å². The minimum atomic E-state index is -0.570. The molecule has 0 unspecified atom stereocenters. The van der Waals surface area contributed by atoms with E-state index in [0.717, 1.165) is 0 Å². The number of nitrogens with zero attached hydrogens (tertiary/aromatic N) is 5. The van der Waals surface area contributed by atoms with Crippen molar-refractivity contribution in [2.75, 3.05) is 0 Å². The molecular weight excluding hydrogens is 234 g/mol. The maximum absolute atomic E-state index is 10.5. The minimum absolute atomic E-state index is 0.190. The van der Waals surface area contributed by atoms with Crippen LogP contribution in [0.15, 0.2) is 23.1 Å². The molecule has 1 aromatic rings. The number of halogens is 1. The molecule has 0 amide bonds. The summed E-state index contributed by atoms with van der Waals surface area (Å²) in [7, 11) is 0. The van der Waals surface area contributed by atoms with Crippen LogP contribution in [-0.4, -0.2) is 19.9 Å². The lowest BCUT2D eigenvalue weighted by Crippen LogP contribution is -2.05. The van der Waals surface area contributed by atoms with Crippen molar-refractivity contribution in [3.63, 3.8) is 0 Å². The van der Waals surface area contributed by atoms with E-state index in [1.54, 1.807) is 0 Å². The van der Waals surface area contributed by atoms with Gasteiger partial charge in [0.25, 0.3) is 0 Å². The fourth-order valence-electron chi connectivity index (χ4n) is 1.32. The van der Waals surface area contributed by atoms with E-state index in [9.17, 15) is 10.1 Å². The molecule has 1 aliphatic rings. The second-order valence-electron chi connectivity index (χ2n) is 3.02. The summed E-state index contributed by atoms with van der Waals surface area (Å²) >= 11 is 5.84. The SMILES string of the molecule is CCC1=C(n2ccc([N+](=O)[O-])n2)C(Cl)=N[N]1. The Balaban J connectivity index is 2.43. The summed E-state index contributed by atoms with van der Waals surface area (Å²) in [4.78, 5) is 9.92. The van der Waals surface area contributed by atoms with E-state index in [1.165, 1.54) is 16.9 Å². The van der Waals surface area contributed by atoms with Gasteiger partial charge in [0.15, 0.2) is 5.17 Å². The molecule has 0 bridgehead atoms. The molecule has 0 N–H and O–H groups in total. The third-order valence-corrected chi connectivity index (χ3v) is 2.31. The molecule has 0 saturated heterocycles. The van der Waals surface area contributed by atoms with Crippen LogP contribution in [0.3, 0.4) is 0 Å². The van der Waals surface area contributed by atoms with E-state index < -0.39 is 4.92 Å². The van der Waals surface area contributed by atoms with Crippen molar-refractivity contribution < 1.29 is 4.92 Å².